The minimum absolute atomic E-state index is 0.317. The Balaban J connectivity index is 1.66. The highest BCUT2D eigenvalue weighted by Crippen LogP contribution is 2.25. The average Bonchev–Trinajstić information content (AvgIpc) is 3.15. The first-order valence-corrected chi connectivity index (χ1v) is 12.3. The van der Waals surface area contributed by atoms with Gasteiger partial charge in [0.2, 0.25) is 16.0 Å². The van der Waals surface area contributed by atoms with Crippen LogP contribution >= 0.6 is 11.6 Å². The fourth-order valence-corrected chi connectivity index (χ4v) is 4.00. The highest BCUT2D eigenvalue weighted by Gasteiger charge is 2.19. The Morgan fingerprint density at radius 2 is 1.79 bits per heavy atom. The largest absolute Gasteiger partial charge is 0.378 e. The standard InChI is InChI=1S/C22H24ClN7O2S/c1-28(2)19-7-5-18(6-8-19)26-22-25-12-15-9-10-30(21(15)27-22)14-16-11-17(23)13-24-20(16)29(3)33(4,31)32/h5-13H,14H2,1-4H3,(H,25,26,27). The Hall–Kier alpha value is -3.37. The summed E-state index contributed by atoms with van der Waals surface area (Å²) in [4.78, 5) is 15.4. The fraction of sp³-hybridized carbons (Fsp3) is 0.227. The Bertz CT molecular complexity index is 1400. The second kappa shape index (κ2) is 8.87. The molecule has 1 aromatic carbocycles. The van der Waals surface area contributed by atoms with Crippen molar-refractivity contribution in [3.8, 4) is 0 Å². The van der Waals surface area contributed by atoms with Crippen molar-refractivity contribution in [3.05, 3.63) is 65.6 Å². The number of benzene rings is 1. The van der Waals surface area contributed by atoms with E-state index < -0.39 is 10.0 Å². The molecule has 0 saturated carbocycles. The van der Waals surface area contributed by atoms with Crippen molar-refractivity contribution < 1.29 is 8.42 Å². The Kier molecular flexibility index (Phi) is 6.13. The van der Waals surface area contributed by atoms with Crippen molar-refractivity contribution in [2.75, 3.05) is 41.9 Å². The summed E-state index contributed by atoms with van der Waals surface area (Å²) in [7, 11) is 1.96. The van der Waals surface area contributed by atoms with Crippen LogP contribution < -0.4 is 14.5 Å². The highest BCUT2D eigenvalue weighted by atomic mass is 35.5. The number of pyridine rings is 1. The van der Waals surface area contributed by atoms with Gasteiger partial charge in [0, 0.05) is 62.1 Å². The highest BCUT2D eigenvalue weighted by molar-refractivity contribution is 7.92. The van der Waals surface area contributed by atoms with Gasteiger partial charge >= 0.3 is 0 Å². The molecule has 0 radical (unpaired) electrons. The summed E-state index contributed by atoms with van der Waals surface area (Å²) >= 11 is 6.16. The third-order valence-corrected chi connectivity index (χ3v) is 6.56. The number of rotatable bonds is 7. The summed E-state index contributed by atoms with van der Waals surface area (Å²) in [5.41, 5.74) is 3.32. The van der Waals surface area contributed by atoms with Crippen molar-refractivity contribution in [2.45, 2.75) is 6.54 Å². The molecular weight excluding hydrogens is 462 g/mol. The topological polar surface area (TPSA) is 96.3 Å². The zero-order chi connectivity index (χ0) is 23.8. The lowest BCUT2D eigenvalue weighted by atomic mass is 10.2. The fourth-order valence-electron chi connectivity index (χ4n) is 3.34. The zero-order valence-corrected chi connectivity index (χ0v) is 20.3. The molecule has 0 aliphatic rings. The first kappa shape index (κ1) is 22.8. The molecule has 0 fully saturated rings. The molecule has 0 spiro atoms. The van der Waals surface area contributed by atoms with Gasteiger partial charge in [0.1, 0.15) is 11.5 Å². The number of anilines is 4. The summed E-state index contributed by atoms with van der Waals surface area (Å²) in [5, 5.41) is 4.51. The second-order valence-electron chi connectivity index (χ2n) is 7.85. The maximum absolute atomic E-state index is 12.1. The lowest BCUT2D eigenvalue weighted by Crippen LogP contribution is -2.27. The third kappa shape index (κ3) is 5.01. The minimum atomic E-state index is -3.48. The predicted octanol–water partition coefficient (Wildman–Crippen LogP) is 3.73. The van der Waals surface area contributed by atoms with Crippen LogP contribution in [0.4, 0.5) is 23.1 Å². The molecule has 33 heavy (non-hydrogen) atoms. The van der Waals surface area contributed by atoms with Gasteiger partial charge in [0.15, 0.2) is 0 Å². The van der Waals surface area contributed by atoms with E-state index in [-0.39, 0.29) is 0 Å². The van der Waals surface area contributed by atoms with E-state index in [1.54, 1.807) is 12.3 Å². The summed E-state index contributed by atoms with van der Waals surface area (Å²) < 4.78 is 27.2. The van der Waals surface area contributed by atoms with E-state index in [0.717, 1.165) is 27.3 Å². The van der Waals surface area contributed by atoms with Crippen LogP contribution in [0.25, 0.3) is 11.0 Å². The van der Waals surface area contributed by atoms with Gasteiger partial charge in [-0.25, -0.2) is 18.4 Å². The van der Waals surface area contributed by atoms with Crippen LogP contribution in [0.1, 0.15) is 5.56 Å². The summed E-state index contributed by atoms with van der Waals surface area (Å²) in [6.45, 7) is 0.334. The average molecular weight is 486 g/mol. The molecule has 3 heterocycles. The van der Waals surface area contributed by atoms with Crippen LogP contribution in [-0.4, -0.2) is 55.3 Å². The SMILES string of the molecule is CN(C)c1ccc(Nc2ncc3ccn(Cc4cc(Cl)cnc4N(C)S(C)(=O)=O)c3n2)cc1. The molecule has 0 atom stereocenters. The van der Waals surface area contributed by atoms with Crippen molar-refractivity contribution in [2.24, 2.45) is 0 Å². The van der Waals surface area contributed by atoms with Crippen LogP contribution in [0.5, 0.6) is 0 Å². The number of nitrogens with one attached hydrogen (secondary N) is 1. The monoisotopic (exact) mass is 485 g/mol. The van der Waals surface area contributed by atoms with Crippen LogP contribution in [0, 0.1) is 0 Å². The third-order valence-electron chi connectivity index (χ3n) is 5.19. The van der Waals surface area contributed by atoms with Gasteiger partial charge in [0.05, 0.1) is 17.8 Å². The number of sulfonamides is 1. The van der Waals surface area contributed by atoms with Crippen molar-refractivity contribution in [1.29, 1.82) is 0 Å². The van der Waals surface area contributed by atoms with E-state index >= 15 is 0 Å². The van der Waals surface area contributed by atoms with Crippen LogP contribution in [0.3, 0.4) is 0 Å². The van der Waals surface area contributed by atoms with Gasteiger partial charge in [-0.15, -0.1) is 0 Å². The molecule has 0 bridgehead atoms. The van der Waals surface area contributed by atoms with Crippen molar-refractivity contribution in [3.63, 3.8) is 0 Å². The van der Waals surface area contributed by atoms with Crippen molar-refractivity contribution >= 4 is 55.8 Å². The Labute approximate surface area is 197 Å². The van der Waals surface area contributed by atoms with Gasteiger partial charge in [0.25, 0.3) is 0 Å². The van der Waals surface area contributed by atoms with E-state index in [4.69, 9.17) is 11.6 Å². The molecule has 3 aromatic heterocycles. The Morgan fingerprint density at radius 3 is 2.45 bits per heavy atom. The molecule has 0 saturated heterocycles. The molecule has 172 valence electrons. The molecule has 4 rings (SSSR count). The molecule has 11 heteroatoms. The molecule has 0 unspecified atom stereocenters. The molecule has 0 amide bonds. The number of hydrogen-bond donors (Lipinski definition) is 1. The number of halogens is 1. The predicted molar refractivity (Wildman–Crippen MR) is 133 cm³/mol. The quantitative estimate of drug-likeness (QED) is 0.426. The smallest absolute Gasteiger partial charge is 0.233 e. The normalized spacial score (nSPS) is 11.5. The molecule has 4 aromatic rings. The second-order valence-corrected chi connectivity index (χ2v) is 10.3. The van der Waals surface area contributed by atoms with E-state index in [9.17, 15) is 8.42 Å². The van der Waals surface area contributed by atoms with E-state index in [1.807, 2.05) is 60.1 Å². The van der Waals surface area contributed by atoms with Crippen LogP contribution in [0.15, 0.2) is 55.0 Å². The lowest BCUT2D eigenvalue weighted by molar-refractivity contribution is 0.599. The van der Waals surface area contributed by atoms with Gasteiger partial charge in [-0.05, 0) is 36.4 Å². The summed E-state index contributed by atoms with van der Waals surface area (Å²) in [5.74, 6) is 0.773. The maximum Gasteiger partial charge on any atom is 0.233 e. The molecular formula is C22H24ClN7O2S. The molecule has 0 aliphatic carbocycles. The van der Waals surface area contributed by atoms with Gasteiger partial charge in [-0.3, -0.25) is 4.31 Å². The number of nitrogens with zero attached hydrogens (tertiary/aromatic N) is 6. The molecule has 1 N–H and O–H groups in total. The zero-order valence-electron chi connectivity index (χ0n) is 18.7. The van der Waals surface area contributed by atoms with Crippen LogP contribution in [-0.2, 0) is 16.6 Å². The minimum Gasteiger partial charge on any atom is -0.378 e. The summed E-state index contributed by atoms with van der Waals surface area (Å²) in [6.07, 6.45) is 6.19. The van der Waals surface area contributed by atoms with Crippen LogP contribution in [0.2, 0.25) is 5.02 Å². The van der Waals surface area contributed by atoms with Gasteiger partial charge in [-0.1, -0.05) is 11.6 Å². The van der Waals surface area contributed by atoms with E-state index in [1.165, 1.54) is 13.2 Å². The number of aromatic nitrogens is 4. The number of hydrogen-bond acceptors (Lipinski definition) is 7. The van der Waals surface area contributed by atoms with Crippen molar-refractivity contribution in [1.82, 2.24) is 19.5 Å². The Morgan fingerprint density at radius 1 is 1.06 bits per heavy atom. The number of fused-ring (bicyclic) bond motifs is 1. The van der Waals surface area contributed by atoms with Gasteiger partial charge in [-0.2, -0.15) is 4.98 Å². The molecule has 9 nitrogen and oxygen atoms in total. The molecule has 0 aliphatic heterocycles. The maximum atomic E-state index is 12.1. The lowest BCUT2D eigenvalue weighted by Gasteiger charge is -2.19. The summed E-state index contributed by atoms with van der Waals surface area (Å²) in [6, 6.07) is 11.6. The van der Waals surface area contributed by atoms with Gasteiger partial charge < -0.3 is 14.8 Å². The first-order chi connectivity index (χ1) is 15.6. The van der Waals surface area contributed by atoms with E-state index in [2.05, 4.69) is 20.3 Å². The first-order valence-electron chi connectivity index (χ1n) is 10.1. The van der Waals surface area contributed by atoms with E-state index in [0.29, 0.717) is 34.5 Å².